The monoisotopic (exact) mass is 281 g/mol. The second-order valence-corrected chi connectivity index (χ2v) is 6.98. The van der Waals surface area contributed by atoms with E-state index in [0.29, 0.717) is 12.0 Å². The fraction of sp³-hybridized carbons (Fsp3) is 0.938. The van der Waals surface area contributed by atoms with Crippen molar-refractivity contribution in [3.8, 4) is 0 Å². The van der Waals surface area contributed by atoms with Crippen LogP contribution in [-0.4, -0.2) is 48.6 Å². The van der Waals surface area contributed by atoms with Crippen molar-refractivity contribution in [2.24, 2.45) is 5.92 Å². The average Bonchev–Trinajstić information content (AvgIpc) is 2.93. The van der Waals surface area contributed by atoms with Crippen LogP contribution in [0.3, 0.4) is 0 Å². The maximum absolute atomic E-state index is 12.5. The lowest BCUT2D eigenvalue weighted by atomic mass is 9.90. The molecular weight excluding hydrogens is 250 g/mol. The van der Waals surface area contributed by atoms with Crippen molar-refractivity contribution in [2.75, 3.05) is 26.2 Å². The minimum Gasteiger partial charge on any atom is -0.353 e. The Labute approximate surface area is 123 Å². The number of carbonyl (C=O) groups excluding carboxylic acids is 1. The van der Waals surface area contributed by atoms with E-state index in [0.717, 1.165) is 25.9 Å². The zero-order valence-electron chi connectivity index (χ0n) is 13.4. The van der Waals surface area contributed by atoms with Gasteiger partial charge in [0.1, 0.15) is 0 Å². The number of nitrogens with one attached hydrogen (secondary N) is 2. The van der Waals surface area contributed by atoms with Crippen LogP contribution in [0.4, 0.5) is 0 Å². The molecule has 0 bridgehead atoms. The molecule has 0 saturated carbocycles. The van der Waals surface area contributed by atoms with Crippen LogP contribution in [-0.2, 0) is 4.79 Å². The lowest BCUT2D eigenvalue weighted by Crippen LogP contribution is -2.58. The molecule has 0 aromatic heterocycles. The molecule has 2 aliphatic rings. The predicted molar refractivity (Wildman–Crippen MR) is 82.7 cm³/mol. The molecule has 2 saturated heterocycles. The summed E-state index contributed by atoms with van der Waals surface area (Å²) in [6.45, 7) is 10.7. The van der Waals surface area contributed by atoms with Crippen LogP contribution < -0.4 is 10.6 Å². The Morgan fingerprint density at radius 1 is 1.25 bits per heavy atom. The van der Waals surface area contributed by atoms with Gasteiger partial charge >= 0.3 is 0 Å². The van der Waals surface area contributed by atoms with Crippen LogP contribution in [0.5, 0.6) is 0 Å². The number of carbonyl (C=O) groups is 1. The largest absolute Gasteiger partial charge is 0.353 e. The predicted octanol–water partition coefficient (Wildman–Crippen LogP) is 1.76. The summed E-state index contributed by atoms with van der Waals surface area (Å²) >= 11 is 0. The first kappa shape index (κ1) is 15.8. The third-order valence-electron chi connectivity index (χ3n) is 4.97. The topological polar surface area (TPSA) is 44.4 Å². The maximum Gasteiger partial charge on any atom is 0.240 e. The Balaban J connectivity index is 1.86. The van der Waals surface area contributed by atoms with Crippen LogP contribution in [0.2, 0.25) is 0 Å². The van der Waals surface area contributed by atoms with Crippen molar-refractivity contribution < 1.29 is 4.79 Å². The Kier molecular flexibility index (Phi) is 5.44. The molecule has 2 atom stereocenters. The van der Waals surface area contributed by atoms with Gasteiger partial charge in [-0.25, -0.2) is 0 Å². The van der Waals surface area contributed by atoms with Crippen molar-refractivity contribution >= 4 is 5.91 Å². The number of likely N-dealkylation sites (tertiary alicyclic amines) is 1. The molecule has 1 amide bonds. The van der Waals surface area contributed by atoms with Gasteiger partial charge in [0.2, 0.25) is 5.91 Å². The van der Waals surface area contributed by atoms with Gasteiger partial charge in [0.05, 0.1) is 5.54 Å². The first-order valence-electron chi connectivity index (χ1n) is 8.30. The number of nitrogens with zero attached hydrogens (tertiary/aromatic N) is 1. The van der Waals surface area contributed by atoms with Crippen molar-refractivity contribution in [1.82, 2.24) is 15.5 Å². The van der Waals surface area contributed by atoms with Gasteiger partial charge in [-0.3, -0.25) is 9.69 Å². The van der Waals surface area contributed by atoms with E-state index in [2.05, 4.69) is 29.4 Å². The molecule has 116 valence electrons. The molecule has 0 spiro atoms. The maximum atomic E-state index is 12.5. The number of hydrogen-bond donors (Lipinski definition) is 2. The summed E-state index contributed by atoms with van der Waals surface area (Å²) in [4.78, 5) is 15.0. The van der Waals surface area contributed by atoms with Crippen LogP contribution in [0.1, 0.15) is 52.9 Å². The first-order chi connectivity index (χ1) is 9.53. The van der Waals surface area contributed by atoms with E-state index in [9.17, 15) is 4.79 Å². The quantitative estimate of drug-likeness (QED) is 0.807. The summed E-state index contributed by atoms with van der Waals surface area (Å²) in [7, 11) is 0. The Morgan fingerprint density at radius 3 is 2.50 bits per heavy atom. The summed E-state index contributed by atoms with van der Waals surface area (Å²) in [6.07, 6.45) is 5.89. The van der Waals surface area contributed by atoms with Gasteiger partial charge in [0.15, 0.2) is 0 Å². The van der Waals surface area contributed by atoms with Gasteiger partial charge in [-0.1, -0.05) is 13.8 Å². The number of piperidine rings is 1. The molecule has 2 N–H and O–H groups in total. The van der Waals surface area contributed by atoms with Crippen molar-refractivity contribution in [3.63, 3.8) is 0 Å². The lowest BCUT2D eigenvalue weighted by molar-refractivity contribution is -0.128. The molecule has 0 aliphatic carbocycles. The molecule has 2 heterocycles. The van der Waals surface area contributed by atoms with E-state index in [1.54, 1.807) is 0 Å². The van der Waals surface area contributed by atoms with Crippen LogP contribution in [0.25, 0.3) is 0 Å². The summed E-state index contributed by atoms with van der Waals surface area (Å²) in [6, 6.07) is 0.480. The van der Waals surface area contributed by atoms with Crippen LogP contribution in [0.15, 0.2) is 0 Å². The third-order valence-corrected chi connectivity index (χ3v) is 4.97. The first-order valence-corrected chi connectivity index (χ1v) is 8.30. The van der Waals surface area contributed by atoms with Crippen LogP contribution in [0, 0.1) is 5.92 Å². The molecule has 2 unspecified atom stereocenters. The van der Waals surface area contributed by atoms with Gasteiger partial charge in [0, 0.05) is 12.6 Å². The molecule has 2 aliphatic heterocycles. The number of rotatable bonds is 5. The lowest BCUT2D eigenvalue weighted by Gasteiger charge is -2.36. The third kappa shape index (κ3) is 3.73. The fourth-order valence-corrected chi connectivity index (χ4v) is 3.50. The molecule has 0 aromatic rings. The van der Waals surface area contributed by atoms with Crippen molar-refractivity contribution in [2.45, 2.75) is 64.5 Å². The zero-order chi connectivity index (χ0) is 14.6. The minimum absolute atomic E-state index is 0.182. The molecular formula is C16H31N3O. The van der Waals surface area contributed by atoms with Crippen LogP contribution >= 0.6 is 0 Å². The summed E-state index contributed by atoms with van der Waals surface area (Å²) in [5, 5.41) is 6.60. The zero-order valence-corrected chi connectivity index (χ0v) is 13.4. The molecule has 0 aromatic carbocycles. The number of hydrogen-bond acceptors (Lipinski definition) is 3. The van der Waals surface area contributed by atoms with Crippen molar-refractivity contribution in [1.29, 1.82) is 0 Å². The fourth-order valence-electron chi connectivity index (χ4n) is 3.50. The summed E-state index contributed by atoms with van der Waals surface area (Å²) < 4.78 is 0. The Morgan fingerprint density at radius 2 is 1.95 bits per heavy atom. The Bertz CT molecular complexity index is 318. The molecule has 4 nitrogen and oxygen atoms in total. The van der Waals surface area contributed by atoms with E-state index in [1.807, 2.05) is 6.92 Å². The SMILES string of the molecule is CC(C)C(CNC(=O)C1(C)CCCCN1)N1CCCC1. The minimum atomic E-state index is -0.356. The van der Waals surface area contributed by atoms with E-state index in [1.165, 1.54) is 32.4 Å². The standard InChI is InChI=1S/C16H31N3O/c1-13(2)14(19-10-6-7-11-19)12-17-15(20)16(3)8-4-5-9-18-16/h13-14,18H,4-12H2,1-3H3,(H,17,20). The number of amides is 1. The van der Waals surface area contributed by atoms with Gasteiger partial charge in [-0.2, -0.15) is 0 Å². The highest BCUT2D eigenvalue weighted by atomic mass is 16.2. The second-order valence-electron chi connectivity index (χ2n) is 6.98. The molecule has 20 heavy (non-hydrogen) atoms. The van der Waals surface area contributed by atoms with Gasteiger partial charge < -0.3 is 10.6 Å². The Hall–Kier alpha value is -0.610. The van der Waals surface area contributed by atoms with Crippen molar-refractivity contribution in [3.05, 3.63) is 0 Å². The molecule has 4 heteroatoms. The highest BCUT2D eigenvalue weighted by molar-refractivity contribution is 5.86. The highest BCUT2D eigenvalue weighted by Gasteiger charge is 2.35. The highest BCUT2D eigenvalue weighted by Crippen LogP contribution is 2.20. The van der Waals surface area contributed by atoms with Gasteiger partial charge in [-0.15, -0.1) is 0 Å². The van der Waals surface area contributed by atoms with E-state index in [4.69, 9.17) is 0 Å². The normalized spacial score (nSPS) is 29.6. The summed E-state index contributed by atoms with van der Waals surface area (Å²) in [5.74, 6) is 0.766. The summed E-state index contributed by atoms with van der Waals surface area (Å²) in [5.41, 5.74) is -0.356. The van der Waals surface area contributed by atoms with E-state index < -0.39 is 0 Å². The van der Waals surface area contributed by atoms with Gasteiger partial charge in [-0.05, 0) is 64.6 Å². The molecule has 2 fully saturated rings. The van der Waals surface area contributed by atoms with Gasteiger partial charge in [0.25, 0.3) is 0 Å². The molecule has 0 radical (unpaired) electrons. The average molecular weight is 281 g/mol. The smallest absolute Gasteiger partial charge is 0.240 e. The van der Waals surface area contributed by atoms with E-state index >= 15 is 0 Å². The molecule has 2 rings (SSSR count). The second kappa shape index (κ2) is 6.90. The van der Waals surface area contributed by atoms with E-state index in [-0.39, 0.29) is 11.4 Å².